The molecule has 3 aromatic rings. The summed E-state index contributed by atoms with van der Waals surface area (Å²) in [5.41, 5.74) is 3.35. The number of carbonyl (C=O) groups is 2. The molecule has 0 saturated heterocycles. The first-order valence-corrected chi connectivity index (χ1v) is 11.2. The monoisotopic (exact) mass is 553 g/mol. The normalized spacial score (nSPS) is 14.1. The van der Waals surface area contributed by atoms with E-state index in [4.69, 9.17) is 4.74 Å². The van der Waals surface area contributed by atoms with E-state index < -0.39 is 41.4 Å². The summed E-state index contributed by atoms with van der Waals surface area (Å²) in [6.07, 6.45) is -6.65. The Kier molecular flexibility index (Phi) is 7.11. The van der Waals surface area contributed by atoms with Gasteiger partial charge in [0.15, 0.2) is 0 Å². The maximum atomic E-state index is 13.7. The topological polar surface area (TPSA) is 79.8 Å². The van der Waals surface area contributed by atoms with Crippen LogP contribution in [0.15, 0.2) is 77.9 Å². The predicted molar refractivity (Wildman–Crippen MR) is 126 cm³/mol. The quantitative estimate of drug-likeness (QED) is 0.216. The van der Waals surface area contributed by atoms with Crippen LogP contribution in [-0.4, -0.2) is 35.5 Å². The molecule has 0 aliphatic carbocycles. The Morgan fingerprint density at radius 1 is 0.821 bits per heavy atom. The number of para-hydroxylation sites is 2. The summed E-state index contributed by atoms with van der Waals surface area (Å²) in [6, 6.07) is 18.4. The van der Waals surface area contributed by atoms with E-state index in [0.29, 0.717) is 22.6 Å². The number of amides is 2. The molecule has 0 saturated carbocycles. The molecule has 2 N–H and O–H groups in total. The van der Waals surface area contributed by atoms with Crippen molar-refractivity contribution in [3.63, 3.8) is 0 Å². The summed E-state index contributed by atoms with van der Waals surface area (Å²) < 4.78 is 96.7. The van der Waals surface area contributed by atoms with E-state index in [1.54, 1.807) is 48.5 Å². The predicted octanol–water partition coefficient (Wildman–Crippen LogP) is 6.24. The van der Waals surface area contributed by atoms with Gasteiger partial charge in [-0.25, -0.2) is 5.43 Å². The van der Waals surface area contributed by atoms with Crippen LogP contribution in [0.5, 0.6) is 11.5 Å². The summed E-state index contributed by atoms with van der Waals surface area (Å²) in [5, 5.41) is 5.37. The number of hydrogen-bond donors (Lipinski definition) is 2. The van der Waals surface area contributed by atoms with Crippen LogP contribution in [0, 0.1) is 0 Å². The lowest BCUT2D eigenvalue weighted by Gasteiger charge is -2.27. The molecule has 6 nitrogen and oxygen atoms in total. The second kappa shape index (κ2) is 10.0. The van der Waals surface area contributed by atoms with Crippen molar-refractivity contribution in [2.45, 2.75) is 30.9 Å². The number of hydrogen-bond acceptors (Lipinski definition) is 4. The Morgan fingerprint density at radius 2 is 1.38 bits per heavy atom. The molecule has 0 aromatic heterocycles. The minimum absolute atomic E-state index is 0.112. The molecule has 1 aliphatic rings. The van der Waals surface area contributed by atoms with Crippen LogP contribution >= 0.6 is 0 Å². The standard InChI is InChI=1S/C26H18F7N3O3/c1-14(15-7-6-8-16(13-15)34-23(38)24(27,28)25(29,30)26(31,32)33)35-36-22(37)21-17-9-2-4-11-19(17)39-20-12-5-3-10-18(20)21/h2-13,21H,1H3,(H,34,38)(H,36,37)/b35-14+. The number of nitrogens with one attached hydrogen (secondary N) is 2. The number of carbonyl (C=O) groups excluding carboxylic acids is 2. The molecule has 0 radical (unpaired) electrons. The molecule has 3 aromatic carbocycles. The second-order valence-corrected chi connectivity index (χ2v) is 8.47. The first-order chi connectivity index (χ1) is 18.2. The molecule has 0 fully saturated rings. The van der Waals surface area contributed by atoms with Gasteiger partial charge in [0.25, 0.3) is 5.91 Å². The third kappa shape index (κ3) is 5.16. The van der Waals surface area contributed by atoms with Crippen molar-refractivity contribution in [1.82, 2.24) is 5.43 Å². The van der Waals surface area contributed by atoms with Crippen molar-refractivity contribution in [3.05, 3.63) is 89.5 Å². The average molecular weight is 553 g/mol. The molecule has 0 spiro atoms. The zero-order valence-electron chi connectivity index (χ0n) is 19.8. The number of rotatable bonds is 6. The smallest absolute Gasteiger partial charge is 0.457 e. The second-order valence-electron chi connectivity index (χ2n) is 8.47. The number of ether oxygens (including phenoxy) is 1. The van der Waals surface area contributed by atoms with Gasteiger partial charge in [-0.05, 0) is 36.8 Å². The molecule has 1 heterocycles. The highest BCUT2D eigenvalue weighted by Crippen LogP contribution is 2.47. The van der Waals surface area contributed by atoms with Crippen LogP contribution in [0.4, 0.5) is 36.4 Å². The molecule has 204 valence electrons. The number of benzene rings is 3. The van der Waals surface area contributed by atoms with Gasteiger partial charge in [-0.1, -0.05) is 48.5 Å². The van der Waals surface area contributed by atoms with E-state index in [-0.39, 0.29) is 11.3 Å². The lowest BCUT2D eigenvalue weighted by Crippen LogP contribution is -2.57. The molecule has 39 heavy (non-hydrogen) atoms. The molecule has 0 atom stereocenters. The summed E-state index contributed by atoms with van der Waals surface area (Å²) in [4.78, 5) is 24.8. The summed E-state index contributed by atoms with van der Waals surface area (Å²) >= 11 is 0. The fourth-order valence-electron chi connectivity index (χ4n) is 3.81. The van der Waals surface area contributed by atoms with Gasteiger partial charge in [0.2, 0.25) is 0 Å². The van der Waals surface area contributed by atoms with Crippen LogP contribution in [0.3, 0.4) is 0 Å². The summed E-state index contributed by atoms with van der Waals surface area (Å²) in [6.45, 7) is 1.42. The minimum Gasteiger partial charge on any atom is -0.457 e. The summed E-state index contributed by atoms with van der Waals surface area (Å²) in [7, 11) is 0. The zero-order valence-corrected chi connectivity index (χ0v) is 19.8. The van der Waals surface area contributed by atoms with Gasteiger partial charge < -0.3 is 10.1 Å². The van der Waals surface area contributed by atoms with E-state index in [9.17, 15) is 40.3 Å². The third-order valence-electron chi connectivity index (χ3n) is 5.85. The number of nitrogens with zero attached hydrogens (tertiary/aromatic N) is 1. The van der Waals surface area contributed by atoms with Crippen molar-refractivity contribution in [2.75, 3.05) is 5.32 Å². The molecule has 13 heteroatoms. The van der Waals surface area contributed by atoms with Gasteiger partial charge >= 0.3 is 23.9 Å². The highest BCUT2D eigenvalue weighted by Gasteiger charge is 2.76. The maximum Gasteiger partial charge on any atom is 0.460 e. The highest BCUT2D eigenvalue weighted by atomic mass is 19.4. The van der Waals surface area contributed by atoms with Crippen molar-refractivity contribution in [1.29, 1.82) is 0 Å². The number of alkyl halides is 7. The van der Waals surface area contributed by atoms with Gasteiger partial charge in [0, 0.05) is 16.8 Å². The minimum atomic E-state index is -6.65. The number of halogens is 7. The van der Waals surface area contributed by atoms with Crippen molar-refractivity contribution in [2.24, 2.45) is 5.10 Å². The van der Waals surface area contributed by atoms with Gasteiger partial charge in [-0.2, -0.15) is 35.8 Å². The van der Waals surface area contributed by atoms with E-state index in [1.807, 2.05) is 0 Å². The van der Waals surface area contributed by atoms with Crippen LogP contribution in [0.25, 0.3) is 0 Å². The van der Waals surface area contributed by atoms with Crippen LogP contribution in [-0.2, 0) is 9.59 Å². The Balaban J connectivity index is 1.53. The molecule has 0 unspecified atom stereocenters. The van der Waals surface area contributed by atoms with Gasteiger partial charge in [0.1, 0.15) is 11.5 Å². The zero-order chi connectivity index (χ0) is 28.6. The lowest BCUT2D eigenvalue weighted by atomic mass is 9.87. The van der Waals surface area contributed by atoms with Crippen molar-refractivity contribution < 1.29 is 45.1 Å². The molecular formula is C26H18F7N3O3. The van der Waals surface area contributed by atoms with E-state index in [0.717, 1.165) is 12.1 Å². The number of hydrazone groups is 1. The average Bonchev–Trinajstić information content (AvgIpc) is 2.89. The lowest BCUT2D eigenvalue weighted by molar-refractivity contribution is -0.343. The number of fused-ring (bicyclic) bond motifs is 2. The largest absolute Gasteiger partial charge is 0.460 e. The van der Waals surface area contributed by atoms with E-state index >= 15 is 0 Å². The summed E-state index contributed by atoms with van der Waals surface area (Å²) in [5.74, 6) is -15.9. The maximum absolute atomic E-state index is 13.7. The third-order valence-corrected chi connectivity index (χ3v) is 5.85. The first-order valence-electron chi connectivity index (χ1n) is 11.2. The van der Waals surface area contributed by atoms with Crippen LogP contribution in [0.1, 0.15) is 29.5 Å². The highest BCUT2D eigenvalue weighted by molar-refractivity contribution is 6.02. The van der Waals surface area contributed by atoms with Crippen LogP contribution < -0.4 is 15.5 Å². The Bertz CT molecular complexity index is 1410. The Hall–Kier alpha value is -4.42. The van der Waals surface area contributed by atoms with E-state index in [1.165, 1.54) is 24.4 Å². The fourth-order valence-corrected chi connectivity index (χ4v) is 3.81. The van der Waals surface area contributed by atoms with Crippen LogP contribution in [0.2, 0.25) is 0 Å². The van der Waals surface area contributed by atoms with Crippen molar-refractivity contribution >= 4 is 23.2 Å². The molecule has 2 amide bonds. The Morgan fingerprint density at radius 3 is 1.95 bits per heavy atom. The SMILES string of the molecule is C/C(=N\NC(=O)C1c2ccccc2Oc2ccccc21)c1cccc(NC(=O)C(F)(F)C(F)(F)C(F)(F)F)c1. The number of anilines is 1. The van der Waals surface area contributed by atoms with Gasteiger partial charge in [-0.15, -0.1) is 0 Å². The van der Waals surface area contributed by atoms with Crippen molar-refractivity contribution in [3.8, 4) is 11.5 Å². The molecule has 0 bridgehead atoms. The van der Waals surface area contributed by atoms with Gasteiger partial charge in [-0.3, -0.25) is 9.59 Å². The Labute approximate surface area is 216 Å². The van der Waals surface area contributed by atoms with E-state index in [2.05, 4.69) is 10.5 Å². The first kappa shape index (κ1) is 27.6. The fraction of sp³-hybridized carbons (Fsp3) is 0.192. The van der Waals surface area contributed by atoms with Gasteiger partial charge in [0.05, 0.1) is 11.6 Å². The molecule has 4 rings (SSSR count). The molecular weight excluding hydrogens is 535 g/mol. The molecule has 1 aliphatic heterocycles.